The minimum atomic E-state index is -0.225. The van der Waals surface area contributed by atoms with Crippen LogP contribution in [0.2, 0.25) is 5.02 Å². The monoisotopic (exact) mass is 416 g/mol. The van der Waals surface area contributed by atoms with Crippen LogP contribution in [0, 0.1) is 3.57 Å². The molecular weight excluding hydrogens is 407 g/mol. The molecule has 2 rings (SSSR count). The van der Waals surface area contributed by atoms with Crippen molar-refractivity contribution in [2.75, 3.05) is 5.32 Å². The third-order valence-electron chi connectivity index (χ3n) is 2.58. The Balaban J connectivity index is 2.25. The molecule has 0 radical (unpaired) electrons. The van der Waals surface area contributed by atoms with E-state index >= 15 is 0 Å². The smallest absolute Gasteiger partial charge is 0.256 e. The van der Waals surface area contributed by atoms with Gasteiger partial charge >= 0.3 is 0 Å². The van der Waals surface area contributed by atoms with Crippen LogP contribution < -0.4 is 11.1 Å². The topological polar surface area (TPSA) is 55.1 Å². The fraction of sp³-hybridized carbons (Fsp3) is 0. The summed E-state index contributed by atoms with van der Waals surface area (Å²) in [6.07, 6.45) is 0. The zero-order valence-corrected chi connectivity index (χ0v) is 13.9. The van der Waals surface area contributed by atoms with Gasteiger partial charge in [0.2, 0.25) is 0 Å². The molecule has 20 heavy (non-hydrogen) atoms. The Kier molecular flexibility index (Phi) is 4.95. The SMILES string of the molecule is NC(=S)c1cccc(NC(=O)c2cc(Cl)ccc2I)c1. The van der Waals surface area contributed by atoms with Crippen molar-refractivity contribution in [3.8, 4) is 0 Å². The molecule has 102 valence electrons. The molecule has 3 N–H and O–H groups in total. The highest BCUT2D eigenvalue weighted by atomic mass is 127. The molecule has 2 aromatic carbocycles. The number of rotatable bonds is 3. The molecule has 0 aliphatic carbocycles. The molecule has 0 aliphatic rings. The van der Waals surface area contributed by atoms with Crippen LogP contribution in [0.15, 0.2) is 42.5 Å². The van der Waals surface area contributed by atoms with Gasteiger partial charge in [-0.3, -0.25) is 4.79 Å². The molecule has 0 aromatic heterocycles. The first-order valence-electron chi connectivity index (χ1n) is 5.63. The number of hydrogen-bond acceptors (Lipinski definition) is 2. The van der Waals surface area contributed by atoms with E-state index in [4.69, 9.17) is 29.6 Å². The summed E-state index contributed by atoms with van der Waals surface area (Å²) in [5, 5.41) is 3.32. The molecule has 0 heterocycles. The van der Waals surface area contributed by atoms with Crippen LogP contribution in [0.4, 0.5) is 5.69 Å². The van der Waals surface area contributed by atoms with E-state index < -0.39 is 0 Å². The van der Waals surface area contributed by atoms with Gasteiger partial charge in [-0.1, -0.05) is 36.0 Å². The number of benzene rings is 2. The Labute approximate surface area is 140 Å². The summed E-state index contributed by atoms with van der Waals surface area (Å²) in [5.74, 6) is -0.225. The third kappa shape index (κ3) is 3.68. The first-order chi connectivity index (χ1) is 9.47. The Morgan fingerprint density at radius 3 is 2.70 bits per heavy atom. The number of hydrogen-bond donors (Lipinski definition) is 2. The molecule has 0 spiro atoms. The summed E-state index contributed by atoms with van der Waals surface area (Å²) >= 11 is 12.9. The molecule has 0 unspecified atom stereocenters. The van der Waals surface area contributed by atoms with Crippen LogP contribution in [0.1, 0.15) is 15.9 Å². The van der Waals surface area contributed by atoms with Crippen molar-refractivity contribution in [1.29, 1.82) is 0 Å². The molecular formula is C14H10ClIN2OS. The molecule has 1 amide bonds. The van der Waals surface area contributed by atoms with Crippen LogP contribution in [-0.4, -0.2) is 10.9 Å². The first-order valence-corrected chi connectivity index (χ1v) is 7.50. The van der Waals surface area contributed by atoms with Gasteiger partial charge in [0, 0.05) is 19.8 Å². The number of halogens is 2. The predicted molar refractivity (Wildman–Crippen MR) is 94.5 cm³/mol. The summed E-state index contributed by atoms with van der Waals surface area (Å²) in [7, 11) is 0. The molecule has 0 bridgehead atoms. The van der Waals surface area contributed by atoms with Crippen LogP contribution in [0.25, 0.3) is 0 Å². The lowest BCUT2D eigenvalue weighted by Crippen LogP contribution is -2.15. The maximum absolute atomic E-state index is 12.2. The lowest BCUT2D eigenvalue weighted by Gasteiger charge is -2.08. The number of nitrogens with two attached hydrogens (primary N) is 1. The van der Waals surface area contributed by atoms with Gasteiger partial charge in [0.05, 0.1) is 5.56 Å². The van der Waals surface area contributed by atoms with Gasteiger partial charge in [0.15, 0.2) is 0 Å². The molecule has 0 saturated heterocycles. The number of amides is 1. The standard InChI is InChI=1S/C14H10ClIN2OS/c15-9-4-5-12(16)11(7-9)14(19)18-10-3-1-2-8(6-10)13(17)20/h1-7H,(H2,17,20)(H,18,19). The number of anilines is 1. The maximum atomic E-state index is 12.2. The van der Waals surface area contributed by atoms with E-state index in [1.807, 2.05) is 0 Å². The quantitative estimate of drug-likeness (QED) is 0.591. The lowest BCUT2D eigenvalue weighted by molar-refractivity contribution is 0.102. The predicted octanol–water partition coefficient (Wildman–Crippen LogP) is 3.83. The highest BCUT2D eigenvalue weighted by Gasteiger charge is 2.11. The zero-order chi connectivity index (χ0) is 14.7. The molecule has 3 nitrogen and oxygen atoms in total. The molecule has 0 atom stereocenters. The van der Waals surface area contributed by atoms with E-state index in [9.17, 15) is 4.79 Å². The average molecular weight is 417 g/mol. The van der Waals surface area contributed by atoms with Gasteiger partial charge in [0.25, 0.3) is 5.91 Å². The van der Waals surface area contributed by atoms with Crippen LogP contribution >= 0.6 is 46.4 Å². The zero-order valence-electron chi connectivity index (χ0n) is 10.2. The number of thiocarbonyl (C=S) groups is 1. The fourth-order valence-electron chi connectivity index (χ4n) is 1.62. The van der Waals surface area contributed by atoms with Gasteiger partial charge in [-0.05, 0) is 52.9 Å². The number of carbonyl (C=O) groups is 1. The van der Waals surface area contributed by atoms with Crippen LogP contribution in [0.5, 0.6) is 0 Å². The Morgan fingerprint density at radius 1 is 1.25 bits per heavy atom. The van der Waals surface area contributed by atoms with Crippen LogP contribution in [0.3, 0.4) is 0 Å². The summed E-state index contributed by atoms with van der Waals surface area (Å²) in [5.41, 5.74) is 7.44. The van der Waals surface area contributed by atoms with Crippen molar-refractivity contribution in [2.24, 2.45) is 5.73 Å². The van der Waals surface area contributed by atoms with E-state index in [-0.39, 0.29) is 5.91 Å². The molecule has 0 saturated carbocycles. The van der Waals surface area contributed by atoms with E-state index in [0.717, 1.165) is 3.57 Å². The highest BCUT2D eigenvalue weighted by molar-refractivity contribution is 14.1. The van der Waals surface area contributed by atoms with Crippen molar-refractivity contribution in [3.63, 3.8) is 0 Å². The Hall–Kier alpha value is -1.18. The molecule has 0 aliphatic heterocycles. The van der Waals surface area contributed by atoms with Crippen LogP contribution in [-0.2, 0) is 0 Å². The Morgan fingerprint density at radius 2 is 2.00 bits per heavy atom. The van der Waals surface area contributed by atoms with Gasteiger partial charge in [-0.15, -0.1) is 0 Å². The normalized spacial score (nSPS) is 10.1. The fourth-order valence-corrected chi connectivity index (χ4v) is 2.50. The lowest BCUT2D eigenvalue weighted by atomic mass is 10.1. The van der Waals surface area contributed by atoms with Crippen molar-refractivity contribution in [1.82, 2.24) is 0 Å². The minimum absolute atomic E-state index is 0.225. The summed E-state index contributed by atoms with van der Waals surface area (Å²) in [6.45, 7) is 0. The van der Waals surface area contributed by atoms with E-state index in [2.05, 4.69) is 27.9 Å². The van der Waals surface area contributed by atoms with E-state index in [1.165, 1.54) is 0 Å². The van der Waals surface area contributed by atoms with Gasteiger partial charge in [-0.2, -0.15) is 0 Å². The van der Waals surface area contributed by atoms with Gasteiger partial charge < -0.3 is 11.1 Å². The molecule has 2 aromatic rings. The van der Waals surface area contributed by atoms with Gasteiger partial charge in [-0.25, -0.2) is 0 Å². The number of nitrogens with one attached hydrogen (secondary N) is 1. The van der Waals surface area contributed by atoms with Crippen molar-refractivity contribution >= 4 is 63.0 Å². The second-order valence-electron chi connectivity index (χ2n) is 4.02. The first kappa shape index (κ1) is 15.2. The number of carbonyl (C=O) groups excluding carboxylic acids is 1. The molecule has 0 fully saturated rings. The maximum Gasteiger partial charge on any atom is 0.256 e. The third-order valence-corrected chi connectivity index (χ3v) is 3.99. The van der Waals surface area contributed by atoms with Crippen molar-refractivity contribution in [3.05, 3.63) is 62.2 Å². The van der Waals surface area contributed by atoms with Crippen molar-refractivity contribution in [2.45, 2.75) is 0 Å². The largest absolute Gasteiger partial charge is 0.389 e. The van der Waals surface area contributed by atoms with Gasteiger partial charge in [0.1, 0.15) is 4.99 Å². The second kappa shape index (κ2) is 6.51. The summed E-state index contributed by atoms with van der Waals surface area (Å²) < 4.78 is 0.829. The van der Waals surface area contributed by atoms with Crippen molar-refractivity contribution < 1.29 is 4.79 Å². The Bertz CT molecular complexity index is 691. The van der Waals surface area contributed by atoms with E-state index in [1.54, 1.807) is 42.5 Å². The summed E-state index contributed by atoms with van der Waals surface area (Å²) in [6, 6.07) is 12.3. The second-order valence-corrected chi connectivity index (χ2v) is 6.06. The summed E-state index contributed by atoms with van der Waals surface area (Å²) in [4.78, 5) is 12.5. The minimum Gasteiger partial charge on any atom is -0.389 e. The molecule has 6 heteroatoms. The highest BCUT2D eigenvalue weighted by Crippen LogP contribution is 2.20. The van der Waals surface area contributed by atoms with E-state index in [0.29, 0.717) is 26.8 Å². The average Bonchev–Trinajstić information content (AvgIpc) is 2.41.